The minimum atomic E-state index is -0.130. The lowest BCUT2D eigenvalue weighted by Crippen LogP contribution is -2.22. The number of ether oxygens (including phenoxy) is 2. The maximum absolute atomic E-state index is 12.3. The summed E-state index contributed by atoms with van der Waals surface area (Å²) in [6.07, 6.45) is 2.05. The molecule has 0 atom stereocenters. The molecule has 2 rings (SSSR count). The number of hydrogen-bond donors (Lipinski definition) is 2. The van der Waals surface area contributed by atoms with Gasteiger partial charge in [0.1, 0.15) is 11.5 Å². The average Bonchev–Trinajstić information content (AvgIpc) is 2.67. The summed E-state index contributed by atoms with van der Waals surface area (Å²) in [6.45, 7) is 7.80. The summed E-state index contributed by atoms with van der Waals surface area (Å²) in [5.41, 5.74) is 1.54. The first-order valence-corrected chi connectivity index (χ1v) is 9.57. The summed E-state index contributed by atoms with van der Waals surface area (Å²) in [5, 5.41) is 6.04. The van der Waals surface area contributed by atoms with Crippen molar-refractivity contribution in [2.75, 3.05) is 30.4 Å². The molecule has 0 spiro atoms. The Balaban J connectivity index is 1.87. The van der Waals surface area contributed by atoms with Crippen molar-refractivity contribution in [3.63, 3.8) is 0 Å². The summed E-state index contributed by atoms with van der Waals surface area (Å²) < 4.78 is 11.5. The monoisotopic (exact) mass is 370 g/mol. The zero-order valence-corrected chi connectivity index (χ0v) is 16.5. The predicted molar refractivity (Wildman–Crippen MR) is 111 cm³/mol. The molecule has 5 nitrogen and oxygen atoms in total. The fraction of sp³-hybridized carbons (Fsp3) is 0.409. The Hall–Kier alpha value is -2.69. The molecule has 146 valence electrons. The molecule has 0 aliphatic heterocycles. The van der Waals surface area contributed by atoms with Crippen LogP contribution in [0.3, 0.4) is 0 Å². The van der Waals surface area contributed by atoms with Crippen LogP contribution in [0.5, 0.6) is 11.5 Å². The van der Waals surface area contributed by atoms with Gasteiger partial charge in [0.2, 0.25) is 5.91 Å². The van der Waals surface area contributed by atoms with E-state index in [9.17, 15) is 4.79 Å². The number of carbonyl (C=O) groups is 1. The van der Waals surface area contributed by atoms with Crippen LogP contribution in [0.4, 0.5) is 11.4 Å². The second-order valence-electron chi connectivity index (χ2n) is 6.83. The highest BCUT2D eigenvalue weighted by atomic mass is 16.5. The van der Waals surface area contributed by atoms with Gasteiger partial charge in [-0.2, -0.15) is 0 Å². The van der Waals surface area contributed by atoms with Crippen molar-refractivity contribution in [2.24, 2.45) is 5.92 Å². The summed E-state index contributed by atoms with van der Waals surface area (Å²) in [5.74, 6) is 1.83. The van der Waals surface area contributed by atoms with Gasteiger partial charge in [0.15, 0.2) is 0 Å². The maximum Gasteiger partial charge on any atom is 0.243 e. The van der Waals surface area contributed by atoms with E-state index < -0.39 is 0 Å². The Labute approximate surface area is 162 Å². The normalized spacial score (nSPS) is 10.5. The molecule has 0 saturated heterocycles. The fourth-order valence-corrected chi connectivity index (χ4v) is 2.36. The third-order valence-corrected chi connectivity index (χ3v) is 3.79. The van der Waals surface area contributed by atoms with Crippen LogP contribution in [-0.4, -0.2) is 25.7 Å². The van der Waals surface area contributed by atoms with E-state index in [-0.39, 0.29) is 12.5 Å². The van der Waals surface area contributed by atoms with Crippen LogP contribution in [0.1, 0.15) is 33.6 Å². The number of carbonyl (C=O) groups excluding carboxylic acids is 1. The first-order chi connectivity index (χ1) is 13.1. The predicted octanol–water partition coefficient (Wildman–Crippen LogP) is 4.95. The number of nitrogens with one attached hydrogen (secondary N) is 2. The van der Waals surface area contributed by atoms with Gasteiger partial charge in [0.05, 0.1) is 25.4 Å². The molecule has 2 aromatic carbocycles. The highest BCUT2D eigenvalue weighted by molar-refractivity contribution is 5.95. The molecule has 27 heavy (non-hydrogen) atoms. The minimum absolute atomic E-state index is 0.130. The number of rotatable bonds is 11. The van der Waals surface area contributed by atoms with Crippen LogP contribution in [0, 0.1) is 5.92 Å². The number of amides is 1. The van der Waals surface area contributed by atoms with Gasteiger partial charge in [0.25, 0.3) is 0 Å². The molecule has 0 bridgehead atoms. The first-order valence-electron chi connectivity index (χ1n) is 9.57. The van der Waals surface area contributed by atoms with Crippen LogP contribution in [-0.2, 0) is 4.79 Å². The summed E-state index contributed by atoms with van der Waals surface area (Å²) >= 11 is 0. The lowest BCUT2D eigenvalue weighted by molar-refractivity contribution is -0.114. The molecule has 0 aromatic heterocycles. The standard InChI is InChI=1S/C22H30N2O3/c1-4-5-13-26-21-12-7-6-11-20(21)24-22(25)15-23-18-9-8-10-19(14-18)27-16-17(2)3/h6-12,14,17,23H,4-5,13,15-16H2,1-3H3,(H,24,25). The highest BCUT2D eigenvalue weighted by Crippen LogP contribution is 2.24. The number of para-hydroxylation sites is 2. The van der Waals surface area contributed by atoms with Crippen molar-refractivity contribution in [1.29, 1.82) is 0 Å². The summed E-state index contributed by atoms with van der Waals surface area (Å²) in [4.78, 5) is 12.3. The van der Waals surface area contributed by atoms with E-state index in [1.54, 1.807) is 0 Å². The molecular weight excluding hydrogens is 340 g/mol. The number of anilines is 2. The number of hydrogen-bond acceptors (Lipinski definition) is 4. The van der Waals surface area contributed by atoms with Crippen LogP contribution < -0.4 is 20.1 Å². The summed E-state index contributed by atoms with van der Waals surface area (Å²) in [7, 11) is 0. The molecule has 0 unspecified atom stereocenters. The zero-order valence-electron chi connectivity index (χ0n) is 16.5. The third-order valence-electron chi connectivity index (χ3n) is 3.79. The Morgan fingerprint density at radius 1 is 1.07 bits per heavy atom. The molecule has 0 fully saturated rings. The molecule has 0 aliphatic rings. The maximum atomic E-state index is 12.3. The van der Waals surface area contributed by atoms with Gasteiger partial charge in [-0.05, 0) is 36.6 Å². The van der Waals surface area contributed by atoms with Crippen LogP contribution in [0.2, 0.25) is 0 Å². The molecule has 0 aliphatic carbocycles. The fourth-order valence-electron chi connectivity index (χ4n) is 2.36. The van der Waals surface area contributed by atoms with Crippen molar-refractivity contribution < 1.29 is 14.3 Å². The second-order valence-corrected chi connectivity index (χ2v) is 6.83. The largest absolute Gasteiger partial charge is 0.493 e. The van der Waals surface area contributed by atoms with Gasteiger partial charge in [-0.3, -0.25) is 4.79 Å². The Kier molecular flexibility index (Phi) is 8.49. The van der Waals surface area contributed by atoms with Gasteiger partial charge >= 0.3 is 0 Å². The quantitative estimate of drug-likeness (QED) is 0.549. The van der Waals surface area contributed by atoms with Gasteiger partial charge in [-0.15, -0.1) is 0 Å². The van der Waals surface area contributed by atoms with Crippen LogP contribution in [0.25, 0.3) is 0 Å². The van der Waals surface area contributed by atoms with Crippen molar-refractivity contribution in [3.8, 4) is 11.5 Å². The van der Waals surface area contributed by atoms with Crippen molar-refractivity contribution in [3.05, 3.63) is 48.5 Å². The van der Waals surface area contributed by atoms with Crippen molar-refractivity contribution in [1.82, 2.24) is 0 Å². The SMILES string of the molecule is CCCCOc1ccccc1NC(=O)CNc1cccc(OCC(C)C)c1. The molecule has 1 amide bonds. The van der Waals surface area contributed by atoms with E-state index in [0.29, 0.717) is 30.6 Å². The van der Waals surface area contributed by atoms with E-state index in [4.69, 9.17) is 9.47 Å². The number of unbranched alkanes of at least 4 members (excludes halogenated alkanes) is 1. The molecule has 5 heteroatoms. The molecule has 0 radical (unpaired) electrons. The first kappa shape index (κ1) is 20.6. The average molecular weight is 370 g/mol. The molecule has 0 saturated carbocycles. The smallest absolute Gasteiger partial charge is 0.243 e. The van der Waals surface area contributed by atoms with Crippen LogP contribution in [0.15, 0.2) is 48.5 Å². The van der Waals surface area contributed by atoms with Gasteiger partial charge in [-0.1, -0.05) is 45.4 Å². The lowest BCUT2D eigenvalue weighted by Gasteiger charge is -2.13. The molecular formula is C22H30N2O3. The summed E-state index contributed by atoms with van der Waals surface area (Å²) in [6, 6.07) is 15.1. The third kappa shape index (κ3) is 7.60. The topological polar surface area (TPSA) is 59.6 Å². The molecule has 0 heterocycles. The van der Waals surface area contributed by atoms with Gasteiger partial charge in [-0.25, -0.2) is 0 Å². The molecule has 2 N–H and O–H groups in total. The Morgan fingerprint density at radius 2 is 1.89 bits per heavy atom. The minimum Gasteiger partial charge on any atom is -0.493 e. The highest BCUT2D eigenvalue weighted by Gasteiger charge is 2.08. The van der Waals surface area contributed by atoms with Crippen molar-refractivity contribution in [2.45, 2.75) is 33.6 Å². The van der Waals surface area contributed by atoms with E-state index in [1.165, 1.54) is 0 Å². The Bertz CT molecular complexity index is 716. The Morgan fingerprint density at radius 3 is 2.67 bits per heavy atom. The van der Waals surface area contributed by atoms with Gasteiger partial charge < -0.3 is 20.1 Å². The van der Waals surface area contributed by atoms with Gasteiger partial charge in [0, 0.05) is 11.8 Å². The van der Waals surface area contributed by atoms with E-state index in [2.05, 4.69) is 31.4 Å². The lowest BCUT2D eigenvalue weighted by atomic mass is 10.2. The van der Waals surface area contributed by atoms with E-state index in [1.807, 2.05) is 48.5 Å². The second kappa shape index (κ2) is 11.1. The number of benzene rings is 2. The van der Waals surface area contributed by atoms with Crippen molar-refractivity contribution >= 4 is 17.3 Å². The van der Waals surface area contributed by atoms with E-state index in [0.717, 1.165) is 24.3 Å². The molecule has 2 aromatic rings. The van der Waals surface area contributed by atoms with E-state index >= 15 is 0 Å². The van der Waals surface area contributed by atoms with Crippen LogP contribution >= 0.6 is 0 Å². The zero-order chi connectivity index (χ0) is 19.5.